The number of benzene rings is 1. The molecule has 1 N–H and O–H groups in total. The van der Waals surface area contributed by atoms with Crippen molar-refractivity contribution in [1.82, 2.24) is 20.0 Å². The van der Waals surface area contributed by atoms with Gasteiger partial charge in [-0.3, -0.25) is 9.69 Å². The predicted molar refractivity (Wildman–Crippen MR) is 166 cm³/mol. The molecule has 1 aromatic carbocycles. The number of piperidine rings is 1. The van der Waals surface area contributed by atoms with E-state index in [1.54, 1.807) is 0 Å². The topological polar surface area (TPSA) is 65.1 Å². The van der Waals surface area contributed by atoms with Crippen molar-refractivity contribution in [2.45, 2.75) is 115 Å². The number of fused-ring (bicyclic) bond motifs is 2. The first-order valence-corrected chi connectivity index (χ1v) is 16.1. The molecule has 2 unspecified atom stereocenters. The van der Waals surface area contributed by atoms with E-state index in [9.17, 15) is 9.59 Å². The molecule has 0 radical (unpaired) electrons. The van der Waals surface area contributed by atoms with E-state index < -0.39 is 0 Å². The van der Waals surface area contributed by atoms with E-state index in [2.05, 4.69) is 72.0 Å². The Bertz CT molecular complexity index is 983. The molecule has 4 saturated heterocycles. The molecule has 4 heterocycles. The van der Waals surface area contributed by atoms with Gasteiger partial charge in [-0.1, -0.05) is 44.2 Å². The number of nitrogens with zero attached hydrogens (tertiary/aromatic N) is 3. The van der Waals surface area contributed by atoms with Crippen molar-refractivity contribution in [3.8, 4) is 0 Å². The van der Waals surface area contributed by atoms with Crippen LogP contribution in [0.3, 0.4) is 0 Å². The molecule has 4 aliphatic rings. The average molecular weight is 589 g/mol. The molecule has 8 heteroatoms. The molecular weight excluding hydrogens is 536 g/mol. The van der Waals surface area contributed by atoms with Crippen molar-refractivity contribution in [1.29, 1.82) is 0 Å². The highest BCUT2D eigenvalue weighted by Gasteiger charge is 2.57. The van der Waals surface area contributed by atoms with Gasteiger partial charge >= 0.3 is 6.03 Å². The lowest BCUT2D eigenvalue weighted by Gasteiger charge is -2.49. The lowest BCUT2D eigenvalue weighted by atomic mass is 9.81. The zero-order valence-corrected chi connectivity index (χ0v) is 26.5. The minimum absolute atomic E-state index is 0. The molecule has 7 nitrogen and oxygen atoms in total. The van der Waals surface area contributed by atoms with Crippen LogP contribution in [-0.4, -0.2) is 83.2 Å². The van der Waals surface area contributed by atoms with E-state index in [0.717, 1.165) is 77.8 Å². The molecule has 4 aliphatic heterocycles. The highest BCUT2D eigenvalue weighted by atomic mass is 35.5. The Kier molecular flexibility index (Phi) is 11.0. The molecular formula is C33H53ClN4O3. The Hall–Kier alpha value is -1.83. The third-order valence-electron chi connectivity index (χ3n) is 10.4. The highest BCUT2D eigenvalue weighted by molar-refractivity contribution is 5.85. The van der Waals surface area contributed by atoms with Gasteiger partial charge in [-0.2, -0.15) is 0 Å². The van der Waals surface area contributed by atoms with Crippen LogP contribution < -0.4 is 5.32 Å². The maximum atomic E-state index is 13.8. The molecule has 5 rings (SSSR count). The Morgan fingerprint density at radius 2 is 1.66 bits per heavy atom. The van der Waals surface area contributed by atoms with E-state index in [4.69, 9.17) is 4.74 Å². The molecule has 41 heavy (non-hydrogen) atoms. The van der Waals surface area contributed by atoms with Gasteiger partial charge in [0, 0.05) is 56.9 Å². The van der Waals surface area contributed by atoms with Gasteiger partial charge < -0.3 is 19.9 Å². The molecule has 0 saturated carbocycles. The number of hydrogen-bond acceptors (Lipinski definition) is 4. The van der Waals surface area contributed by atoms with Crippen LogP contribution in [0.1, 0.15) is 97.1 Å². The number of carbonyl (C=O) groups excluding carboxylic acids is 2. The fraction of sp³-hybridized carbons (Fsp3) is 0.758. The van der Waals surface area contributed by atoms with E-state index in [1.807, 2.05) is 6.07 Å². The van der Waals surface area contributed by atoms with Crippen LogP contribution in [0, 0.1) is 11.8 Å². The molecule has 4 fully saturated rings. The van der Waals surface area contributed by atoms with Gasteiger partial charge in [-0.15, -0.1) is 12.4 Å². The number of urea groups is 1. The maximum absolute atomic E-state index is 13.8. The van der Waals surface area contributed by atoms with Crippen molar-refractivity contribution in [3.05, 3.63) is 35.9 Å². The van der Waals surface area contributed by atoms with Crippen LogP contribution in [0.2, 0.25) is 0 Å². The molecule has 0 aromatic heterocycles. The monoisotopic (exact) mass is 588 g/mol. The van der Waals surface area contributed by atoms with Crippen LogP contribution in [0.15, 0.2) is 30.3 Å². The minimum Gasteiger partial charge on any atom is -0.381 e. The Morgan fingerprint density at radius 3 is 2.24 bits per heavy atom. The second-order valence-corrected chi connectivity index (χ2v) is 13.2. The zero-order valence-electron chi connectivity index (χ0n) is 25.7. The summed E-state index contributed by atoms with van der Waals surface area (Å²) in [6.07, 6.45) is 9.34. The van der Waals surface area contributed by atoms with Crippen LogP contribution in [0.4, 0.5) is 4.79 Å². The summed E-state index contributed by atoms with van der Waals surface area (Å²) >= 11 is 0. The van der Waals surface area contributed by atoms with Crippen molar-refractivity contribution in [3.63, 3.8) is 0 Å². The van der Waals surface area contributed by atoms with Crippen LogP contribution in [0.5, 0.6) is 0 Å². The summed E-state index contributed by atoms with van der Waals surface area (Å²) in [4.78, 5) is 34.0. The van der Waals surface area contributed by atoms with Gasteiger partial charge in [0.2, 0.25) is 5.91 Å². The van der Waals surface area contributed by atoms with Crippen molar-refractivity contribution < 1.29 is 14.3 Å². The molecule has 230 valence electrons. The van der Waals surface area contributed by atoms with Gasteiger partial charge in [-0.05, 0) is 83.1 Å². The number of nitrogens with one attached hydrogen (secondary N) is 1. The van der Waals surface area contributed by atoms with Gasteiger partial charge in [0.25, 0.3) is 0 Å². The quantitative estimate of drug-likeness (QED) is 0.343. The number of ether oxygens (including phenoxy) is 1. The summed E-state index contributed by atoms with van der Waals surface area (Å²) in [5, 5.41) is 3.41. The SMILES string of the molecule is CCC(CC)C(=O)N[C@@H](CCN1C2CCC1CC1(C2)CN(CC2CCOCC2)C(=O)N1C(C)C)c1ccccc1.Cl. The first kappa shape index (κ1) is 32.1. The first-order valence-electron chi connectivity index (χ1n) is 16.1. The Balaban J connectivity index is 0.00000387. The number of amides is 3. The second kappa shape index (κ2) is 14.1. The predicted octanol–water partition coefficient (Wildman–Crippen LogP) is 6.03. The third kappa shape index (κ3) is 6.88. The summed E-state index contributed by atoms with van der Waals surface area (Å²) in [6.45, 7) is 13.0. The zero-order chi connectivity index (χ0) is 28.3. The molecule has 1 aromatic rings. The van der Waals surface area contributed by atoms with Gasteiger partial charge in [-0.25, -0.2) is 4.79 Å². The normalized spacial score (nSPS) is 27.6. The standard InChI is InChI=1S/C33H52N4O3.ClH/c1-5-26(6-2)31(38)34-30(27-10-8-7-9-11-27)14-17-36-28-12-13-29(36)21-33(20-28)23-35(32(39)37(33)24(3)4)22-25-15-18-40-19-16-25;/h7-11,24-26,28-30H,5-6,12-23H2,1-4H3,(H,34,38);1H/t28?,29?,30-,33?;/m0./s1. The highest BCUT2D eigenvalue weighted by Crippen LogP contribution is 2.48. The smallest absolute Gasteiger partial charge is 0.320 e. The summed E-state index contributed by atoms with van der Waals surface area (Å²) in [6, 6.07) is 12.0. The van der Waals surface area contributed by atoms with Gasteiger partial charge in [0.1, 0.15) is 0 Å². The number of halogens is 1. The number of carbonyl (C=O) groups is 2. The maximum Gasteiger partial charge on any atom is 0.320 e. The molecule has 3 atom stereocenters. The summed E-state index contributed by atoms with van der Waals surface area (Å²) in [7, 11) is 0. The van der Waals surface area contributed by atoms with E-state index in [1.165, 1.54) is 18.4 Å². The van der Waals surface area contributed by atoms with E-state index >= 15 is 0 Å². The average Bonchev–Trinajstić information content (AvgIpc) is 3.36. The summed E-state index contributed by atoms with van der Waals surface area (Å²) in [5.74, 6) is 0.813. The van der Waals surface area contributed by atoms with Crippen molar-refractivity contribution in [2.75, 3.05) is 32.8 Å². The lowest BCUT2D eigenvalue weighted by Crippen LogP contribution is -2.60. The third-order valence-corrected chi connectivity index (χ3v) is 10.4. The Morgan fingerprint density at radius 1 is 1.02 bits per heavy atom. The second-order valence-electron chi connectivity index (χ2n) is 13.2. The largest absolute Gasteiger partial charge is 0.381 e. The molecule has 3 amide bonds. The van der Waals surface area contributed by atoms with Crippen LogP contribution >= 0.6 is 12.4 Å². The number of rotatable bonds is 11. The first-order chi connectivity index (χ1) is 19.3. The molecule has 2 bridgehead atoms. The lowest BCUT2D eigenvalue weighted by molar-refractivity contribution is -0.126. The fourth-order valence-corrected chi connectivity index (χ4v) is 8.35. The van der Waals surface area contributed by atoms with Crippen molar-refractivity contribution in [2.24, 2.45) is 11.8 Å². The summed E-state index contributed by atoms with van der Waals surface area (Å²) in [5.41, 5.74) is 1.14. The summed E-state index contributed by atoms with van der Waals surface area (Å²) < 4.78 is 5.58. The minimum atomic E-state index is -0.0543. The molecule has 1 spiro atoms. The number of hydrogen-bond donors (Lipinski definition) is 1. The van der Waals surface area contributed by atoms with Crippen LogP contribution in [0.25, 0.3) is 0 Å². The van der Waals surface area contributed by atoms with Crippen LogP contribution in [-0.2, 0) is 9.53 Å². The van der Waals surface area contributed by atoms with E-state index in [-0.39, 0.29) is 47.9 Å². The Labute approximate surface area is 254 Å². The van der Waals surface area contributed by atoms with Crippen molar-refractivity contribution >= 4 is 24.3 Å². The van der Waals surface area contributed by atoms with E-state index in [0.29, 0.717) is 18.0 Å². The fourth-order valence-electron chi connectivity index (χ4n) is 8.35. The van der Waals surface area contributed by atoms with Gasteiger partial charge in [0.05, 0.1) is 11.6 Å². The molecule has 0 aliphatic carbocycles. The van der Waals surface area contributed by atoms with Gasteiger partial charge in [0.15, 0.2) is 0 Å².